The lowest BCUT2D eigenvalue weighted by Gasteiger charge is -2.17. The highest BCUT2D eigenvalue weighted by Crippen LogP contribution is 2.23. The van der Waals surface area contributed by atoms with Crippen molar-refractivity contribution < 1.29 is 9.90 Å². The van der Waals surface area contributed by atoms with E-state index in [-0.39, 0.29) is 0 Å². The van der Waals surface area contributed by atoms with Crippen LogP contribution < -0.4 is 4.90 Å². The molecule has 0 bridgehead atoms. The minimum Gasteiger partial charge on any atom is -0.481 e. The van der Waals surface area contributed by atoms with Crippen molar-refractivity contribution in [1.29, 1.82) is 0 Å². The van der Waals surface area contributed by atoms with E-state index in [1.54, 1.807) is 13.1 Å². The molecule has 0 aliphatic carbocycles. The highest BCUT2D eigenvalue weighted by molar-refractivity contribution is 5.75. The Bertz CT molecular complexity index is 560. The number of carboxylic acids is 1. The van der Waals surface area contributed by atoms with Crippen molar-refractivity contribution >= 4 is 17.4 Å². The van der Waals surface area contributed by atoms with Crippen LogP contribution in [-0.4, -0.2) is 34.6 Å². The second-order valence-corrected chi connectivity index (χ2v) is 4.22. The summed E-state index contributed by atoms with van der Waals surface area (Å²) in [6.07, 6.45) is 1.63. The largest absolute Gasteiger partial charge is 0.481 e. The predicted octanol–water partition coefficient (Wildman–Crippen LogP) is 1.59. The number of hydrogen-bond donors (Lipinski definition) is 1. The molecule has 0 aromatic carbocycles. The molecule has 0 amide bonds. The number of carboxylic acid groups (broad SMARTS) is 1. The van der Waals surface area contributed by atoms with E-state index in [1.807, 2.05) is 41.6 Å². The Morgan fingerprint density at radius 3 is 2.76 bits per heavy atom. The Kier molecular flexibility index (Phi) is 2.75. The summed E-state index contributed by atoms with van der Waals surface area (Å²) in [5.74, 6) is -0.505. The molecular formula is C12H15N3O2. The van der Waals surface area contributed by atoms with Gasteiger partial charge in [-0.25, -0.2) is 4.98 Å². The second kappa shape index (κ2) is 4.08. The van der Waals surface area contributed by atoms with E-state index in [2.05, 4.69) is 4.98 Å². The van der Waals surface area contributed by atoms with Gasteiger partial charge in [-0.15, -0.1) is 0 Å². The van der Waals surface area contributed by atoms with Crippen LogP contribution in [0.15, 0.2) is 24.4 Å². The molecule has 5 nitrogen and oxygen atoms in total. The van der Waals surface area contributed by atoms with Crippen molar-refractivity contribution in [3.8, 4) is 0 Å². The van der Waals surface area contributed by atoms with Gasteiger partial charge in [0.05, 0.1) is 17.8 Å². The number of pyridine rings is 1. The van der Waals surface area contributed by atoms with Gasteiger partial charge in [-0.1, -0.05) is 6.07 Å². The second-order valence-electron chi connectivity index (χ2n) is 4.22. The maximum Gasteiger partial charge on any atom is 0.312 e. The molecule has 0 spiro atoms. The number of rotatable bonds is 3. The molecule has 2 aromatic rings. The zero-order valence-electron chi connectivity index (χ0n) is 10.1. The van der Waals surface area contributed by atoms with Gasteiger partial charge < -0.3 is 10.0 Å². The quantitative estimate of drug-likeness (QED) is 0.874. The molecule has 0 saturated heterocycles. The number of fused-ring (bicyclic) bond motifs is 1. The molecular weight excluding hydrogens is 218 g/mol. The van der Waals surface area contributed by atoms with Gasteiger partial charge in [0, 0.05) is 14.1 Å². The van der Waals surface area contributed by atoms with Gasteiger partial charge in [0.25, 0.3) is 0 Å². The third-order valence-corrected chi connectivity index (χ3v) is 2.81. The van der Waals surface area contributed by atoms with Crippen LogP contribution in [0.3, 0.4) is 0 Å². The lowest BCUT2D eigenvalue weighted by atomic mass is 10.1. The Labute approximate surface area is 99.3 Å². The van der Waals surface area contributed by atoms with E-state index >= 15 is 0 Å². The van der Waals surface area contributed by atoms with Crippen molar-refractivity contribution in [3.05, 3.63) is 30.1 Å². The Hall–Kier alpha value is -2.04. The Morgan fingerprint density at radius 2 is 2.18 bits per heavy atom. The Morgan fingerprint density at radius 1 is 1.47 bits per heavy atom. The molecule has 1 N–H and O–H groups in total. The number of imidazole rings is 1. The van der Waals surface area contributed by atoms with Gasteiger partial charge >= 0.3 is 5.97 Å². The molecule has 1 atom stereocenters. The molecule has 0 fully saturated rings. The van der Waals surface area contributed by atoms with Crippen molar-refractivity contribution in [2.45, 2.75) is 12.8 Å². The summed E-state index contributed by atoms with van der Waals surface area (Å²) in [6, 6.07) is 5.71. The highest BCUT2D eigenvalue weighted by atomic mass is 16.4. The van der Waals surface area contributed by atoms with Crippen molar-refractivity contribution in [1.82, 2.24) is 9.38 Å². The lowest BCUT2D eigenvalue weighted by molar-refractivity contribution is -0.138. The minimum atomic E-state index is -0.847. The van der Waals surface area contributed by atoms with Gasteiger partial charge in [-0.2, -0.15) is 0 Å². The maximum absolute atomic E-state index is 11.1. The molecule has 1 unspecified atom stereocenters. The maximum atomic E-state index is 11.1. The molecule has 0 saturated carbocycles. The van der Waals surface area contributed by atoms with Crippen LogP contribution in [0, 0.1) is 0 Å². The zero-order valence-corrected chi connectivity index (χ0v) is 10.1. The lowest BCUT2D eigenvalue weighted by Crippen LogP contribution is -2.16. The molecule has 2 rings (SSSR count). The summed E-state index contributed by atoms with van der Waals surface area (Å²) in [7, 11) is 3.84. The summed E-state index contributed by atoms with van der Waals surface area (Å²) < 4.78 is 1.87. The van der Waals surface area contributed by atoms with Crippen LogP contribution in [0.2, 0.25) is 0 Å². The van der Waals surface area contributed by atoms with Crippen LogP contribution in [0.1, 0.15) is 18.5 Å². The topological polar surface area (TPSA) is 57.8 Å². The smallest absolute Gasteiger partial charge is 0.312 e. The fraction of sp³-hybridized carbons (Fsp3) is 0.333. The third-order valence-electron chi connectivity index (χ3n) is 2.81. The van der Waals surface area contributed by atoms with Crippen molar-refractivity contribution in [2.24, 2.45) is 0 Å². The van der Waals surface area contributed by atoms with E-state index in [0.29, 0.717) is 5.69 Å². The average Bonchev–Trinajstić information content (AvgIpc) is 2.70. The Balaban J connectivity index is 2.69. The van der Waals surface area contributed by atoms with Crippen LogP contribution in [0.4, 0.5) is 5.82 Å². The molecule has 5 heteroatoms. The summed E-state index contributed by atoms with van der Waals surface area (Å²) in [6.45, 7) is 1.66. The molecule has 2 aromatic heterocycles. The normalized spacial score (nSPS) is 12.6. The van der Waals surface area contributed by atoms with Gasteiger partial charge in [-0.3, -0.25) is 9.20 Å². The SMILES string of the molecule is CC(C(=O)O)c1cnc2cccc(N(C)C)n12. The predicted molar refractivity (Wildman–Crippen MR) is 65.6 cm³/mol. The fourth-order valence-corrected chi connectivity index (χ4v) is 1.82. The average molecular weight is 233 g/mol. The highest BCUT2D eigenvalue weighted by Gasteiger charge is 2.19. The first-order chi connectivity index (χ1) is 8.02. The molecule has 17 heavy (non-hydrogen) atoms. The number of anilines is 1. The molecule has 0 aliphatic rings. The van der Waals surface area contributed by atoms with E-state index in [4.69, 9.17) is 5.11 Å². The van der Waals surface area contributed by atoms with Crippen LogP contribution >= 0.6 is 0 Å². The number of aromatic nitrogens is 2. The van der Waals surface area contributed by atoms with E-state index < -0.39 is 11.9 Å². The molecule has 90 valence electrons. The fourth-order valence-electron chi connectivity index (χ4n) is 1.82. The van der Waals surface area contributed by atoms with Crippen molar-refractivity contribution in [2.75, 3.05) is 19.0 Å². The van der Waals surface area contributed by atoms with Gasteiger partial charge in [0.2, 0.25) is 0 Å². The summed E-state index contributed by atoms with van der Waals surface area (Å²) in [5.41, 5.74) is 1.45. The first-order valence-corrected chi connectivity index (χ1v) is 5.39. The van der Waals surface area contributed by atoms with E-state index in [1.165, 1.54) is 0 Å². The zero-order chi connectivity index (χ0) is 12.6. The monoisotopic (exact) mass is 233 g/mol. The number of aliphatic carboxylic acids is 1. The summed E-state index contributed by atoms with van der Waals surface area (Å²) >= 11 is 0. The van der Waals surface area contributed by atoms with E-state index in [0.717, 1.165) is 11.5 Å². The molecule has 0 aliphatic heterocycles. The number of carbonyl (C=O) groups is 1. The molecule has 2 heterocycles. The minimum absolute atomic E-state index is 0.578. The van der Waals surface area contributed by atoms with Crippen LogP contribution in [-0.2, 0) is 4.79 Å². The van der Waals surface area contributed by atoms with Gasteiger partial charge in [0.1, 0.15) is 11.5 Å². The van der Waals surface area contributed by atoms with Crippen LogP contribution in [0.5, 0.6) is 0 Å². The first-order valence-electron chi connectivity index (χ1n) is 5.39. The first kappa shape index (κ1) is 11.4. The standard InChI is InChI=1S/C12H15N3O2/c1-8(12(16)17)9-7-13-10-5-4-6-11(14(2)3)15(9)10/h4-8H,1-3H3,(H,16,17). The molecule has 0 radical (unpaired) electrons. The van der Waals surface area contributed by atoms with Crippen LogP contribution in [0.25, 0.3) is 5.65 Å². The number of nitrogens with zero attached hydrogens (tertiary/aromatic N) is 3. The van der Waals surface area contributed by atoms with Crippen molar-refractivity contribution in [3.63, 3.8) is 0 Å². The van der Waals surface area contributed by atoms with Gasteiger partial charge in [0.15, 0.2) is 0 Å². The van der Waals surface area contributed by atoms with Gasteiger partial charge in [-0.05, 0) is 19.1 Å². The summed E-state index contributed by atoms with van der Waals surface area (Å²) in [4.78, 5) is 17.2. The number of hydrogen-bond acceptors (Lipinski definition) is 3. The summed E-state index contributed by atoms with van der Waals surface area (Å²) in [5, 5.41) is 9.09. The van der Waals surface area contributed by atoms with E-state index in [9.17, 15) is 4.79 Å². The third kappa shape index (κ3) is 1.84.